The SMILES string of the molecule is Cc1cc(NC(=O)C2CCN(C(=O)/C(C#N)=C/c3cc(C)n(CC4CCCO4)c3C)CC2)no1. The van der Waals surface area contributed by atoms with E-state index in [1.54, 1.807) is 24.0 Å². The van der Waals surface area contributed by atoms with E-state index in [-0.39, 0.29) is 29.4 Å². The topological polar surface area (TPSA) is 113 Å². The van der Waals surface area contributed by atoms with Crippen LogP contribution in [0, 0.1) is 38.0 Å². The quantitative estimate of drug-likeness (QED) is 0.517. The predicted molar refractivity (Wildman–Crippen MR) is 126 cm³/mol. The Kier molecular flexibility index (Phi) is 7.17. The minimum absolute atomic E-state index is 0.110. The van der Waals surface area contributed by atoms with Gasteiger partial charge in [0.05, 0.1) is 6.10 Å². The second-order valence-corrected chi connectivity index (χ2v) is 9.12. The fraction of sp³-hybridized carbons (Fsp3) is 0.520. The second kappa shape index (κ2) is 10.3. The first-order valence-corrected chi connectivity index (χ1v) is 11.8. The molecular formula is C25H31N5O4. The van der Waals surface area contributed by atoms with Gasteiger partial charge in [-0.05, 0) is 64.2 Å². The van der Waals surface area contributed by atoms with Crippen molar-refractivity contribution in [3.8, 4) is 6.07 Å². The van der Waals surface area contributed by atoms with Crippen LogP contribution in [0.4, 0.5) is 5.82 Å². The molecule has 1 unspecified atom stereocenters. The van der Waals surface area contributed by atoms with Crippen LogP contribution in [-0.4, -0.2) is 52.2 Å². The number of aromatic nitrogens is 2. The molecule has 2 aliphatic rings. The minimum Gasteiger partial charge on any atom is -0.376 e. The number of nitriles is 1. The van der Waals surface area contributed by atoms with E-state index in [0.717, 1.165) is 42.9 Å². The maximum atomic E-state index is 13.1. The van der Waals surface area contributed by atoms with E-state index in [4.69, 9.17) is 9.26 Å². The molecule has 2 aliphatic heterocycles. The lowest BCUT2D eigenvalue weighted by molar-refractivity contribution is -0.130. The van der Waals surface area contributed by atoms with Crippen LogP contribution in [-0.2, 0) is 20.9 Å². The van der Waals surface area contributed by atoms with Gasteiger partial charge in [0, 0.05) is 49.6 Å². The van der Waals surface area contributed by atoms with Crippen LogP contribution in [0.2, 0.25) is 0 Å². The van der Waals surface area contributed by atoms with E-state index in [1.165, 1.54) is 0 Å². The van der Waals surface area contributed by atoms with Crippen molar-refractivity contribution in [2.75, 3.05) is 25.0 Å². The molecule has 4 heterocycles. The number of amides is 2. The van der Waals surface area contributed by atoms with E-state index < -0.39 is 0 Å². The van der Waals surface area contributed by atoms with Crippen LogP contribution in [0.3, 0.4) is 0 Å². The predicted octanol–water partition coefficient (Wildman–Crippen LogP) is 3.36. The molecule has 0 aliphatic carbocycles. The zero-order valence-electron chi connectivity index (χ0n) is 20.0. The number of aryl methyl sites for hydroxylation is 2. The average Bonchev–Trinajstić information content (AvgIpc) is 3.55. The molecule has 0 saturated carbocycles. The van der Waals surface area contributed by atoms with Crippen molar-refractivity contribution in [2.45, 2.75) is 59.1 Å². The molecule has 2 fully saturated rings. The largest absolute Gasteiger partial charge is 0.376 e. The van der Waals surface area contributed by atoms with E-state index in [1.807, 2.05) is 19.9 Å². The highest BCUT2D eigenvalue weighted by atomic mass is 16.5. The molecule has 0 spiro atoms. The molecule has 2 aromatic rings. The molecule has 0 radical (unpaired) electrons. The Labute approximate surface area is 199 Å². The molecule has 0 aromatic carbocycles. The third kappa shape index (κ3) is 5.23. The summed E-state index contributed by atoms with van der Waals surface area (Å²) in [6.45, 7) is 8.23. The summed E-state index contributed by atoms with van der Waals surface area (Å²) in [7, 11) is 0. The van der Waals surface area contributed by atoms with Crippen LogP contribution < -0.4 is 5.32 Å². The van der Waals surface area contributed by atoms with Gasteiger partial charge in [0.2, 0.25) is 5.91 Å². The number of hydrogen-bond acceptors (Lipinski definition) is 6. The number of anilines is 1. The van der Waals surface area contributed by atoms with Gasteiger partial charge in [-0.2, -0.15) is 5.26 Å². The van der Waals surface area contributed by atoms with Gasteiger partial charge < -0.3 is 24.0 Å². The molecule has 1 N–H and O–H groups in total. The highest BCUT2D eigenvalue weighted by molar-refractivity contribution is 6.02. The smallest absolute Gasteiger partial charge is 0.264 e. The van der Waals surface area contributed by atoms with Gasteiger partial charge >= 0.3 is 0 Å². The van der Waals surface area contributed by atoms with Crippen LogP contribution in [0.1, 0.15) is 48.4 Å². The lowest BCUT2D eigenvalue weighted by Gasteiger charge is -2.31. The first-order chi connectivity index (χ1) is 16.4. The highest BCUT2D eigenvalue weighted by Crippen LogP contribution is 2.24. The van der Waals surface area contributed by atoms with Crippen molar-refractivity contribution in [2.24, 2.45) is 5.92 Å². The Morgan fingerprint density at radius 2 is 2.00 bits per heavy atom. The van der Waals surface area contributed by atoms with Crippen LogP contribution in [0.25, 0.3) is 6.08 Å². The molecule has 2 saturated heterocycles. The van der Waals surface area contributed by atoms with Gasteiger partial charge in [0.1, 0.15) is 17.4 Å². The van der Waals surface area contributed by atoms with Crippen molar-refractivity contribution in [1.82, 2.24) is 14.6 Å². The van der Waals surface area contributed by atoms with Crippen molar-refractivity contribution in [1.29, 1.82) is 5.26 Å². The number of piperidine rings is 1. The summed E-state index contributed by atoms with van der Waals surface area (Å²) in [6.07, 6.45) is 5.10. The van der Waals surface area contributed by atoms with E-state index >= 15 is 0 Å². The molecule has 0 bridgehead atoms. The Hall–Kier alpha value is -3.38. The van der Waals surface area contributed by atoms with E-state index in [0.29, 0.717) is 37.5 Å². The molecule has 180 valence electrons. The number of hydrogen-bond donors (Lipinski definition) is 1. The number of rotatable bonds is 6. The lowest BCUT2D eigenvalue weighted by Crippen LogP contribution is -2.41. The first-order valence-electron chi connectivity index (χ1n) is 11.8. The fourth-order valence-corrected chi connectivity index (χ4v) is 4.71. The summed E-state index contributed by atoms with van der Waals surface area (Å²) in [5.41, 5.74) is 3.08. The Morgan fingerprint density at radius 1 is 1.24 bits per heavy atom. The van der Waals surface area contributed by atoms with Crippen LogP contribution in [0.15, 0.2) is 22.2 Å². The molecule has 2 aromatic heterocycles. The average molecular weight is 466 g/mol. The van der Waals surface area contributed by atoms with Gasteiger partial charge in [-0.3, -0.25) is 9.59 Å². The molecular weight excluding hydrogens is 434 g/mol. The third-order valence-corrected chi connectivity index (χ3v) is 6.71. The standard InChI is InChI=1S/C25H31N5O4/c1-16-11-20(18(3)30(16)15-22-5-4-10-33-22)13-21(14-26)25(32)29-8-6-19(7-9-29)24(31)27-23-12-17(2)34-28-23/h11-13,19,22H,4-10,15H2,1-3H3,(H,27,28,31)/b21-13+. The summed E-state index contributed by atoms with van der Waals surface area (Å²) < 4.78 is 12.9. The fourth-order valence-electron chi connectivity index (χ4n) is 4.71. The Balaban J connectivity index is 1.38. The number of nitrogens with zero attached hydrogens (tertiary/aromatic N) is 4. The lowest BCUT2D eigenvalue weighted by atomic mass is 9.95. The van der Waals surface area contributed by atoms with Crippen molar-refractivity contribution < 1.29 is 18.8 Å². The summed E-state index contributed by atoms with van der Waals surface area (Å²) in [5, 5.41) is 16.3. The molecule has 9 heteroatoms. The zero-order valence-corrected chi connectivity index (χ0v) is 20.0. The molecule has 34 heavy (non-hydrogen) atoms. The summed E-state index contributed by atoms with van der Waals surface area (Å²) >= 11 is 0. The minimum atomic E-state index is -0.294. The number of carbonyl (C=O) groups is 2. The third-order valence-electron chi connectivity index (χ3n) is 6.71. The number of nitrogens with one attached hydrogen (secondary N) is 1. The van der Waals surface area contributed by atoms with E-state index in [9.17, 15) is 14.9 Å². The van der Waals surface area contributed by atoms with E-state index in [2.05, 4.69) is 21.1 Å². The van der Waals surface area contributed by atoms with Crippen molar-refractivity contribution >= 4 is 23.7 Å². The number of carbonyl (C=O) groups excluding carboxylic acids is 2. The maximum Gasteiger partial charge on any atom is 0.264 e. The van der Waals surface area contributed by atoms with Gasteiger partial charge in [-0.25, -0.2) is 0 Å². The van der Waals surface area contributed by atoms with Gasteiger partial charge in [0.25, 0.3) is 5.91 Å². The van der Waals surface area contributed by atoms with Crippen molar-refractivity contribution in [3.63, 3.8) is 0 Å². The van der Waals surface area contributed by atoms with Gasteiger partial charge in [-0.1, -0.05) is 5.16 Å². The number of ether oxygens (including phenoxy) is 1. The highest BCUT2D eigenvalue weighted by Gasteiger charge is 2.29. The normalized spacial score (nSPS) is 19.3. The molecule has 2 amide bonds. The summed E-state index contributed by atoms with van der Waals surface area (Å²) in [5.74, 6) is 0.381. The summed E-state index contributed by atoms with van der Waals surface area (Å²) in [4.78, 5) is 27.2. The first kappa shape index (κ1) is 23.8. The molecule has 1 atom stereocenters. The van der Waals surface area contributed by atoms with Crippen LogP contribution in [0.5, 0.6) is 0 Å². The number of likely N-dealkylation sites (tertiary alicyclic amines) is 1. The maximum absolute atomic E-state index is 13.1. The summed E-state index contributed by atoms with van der Waals surface area (Å²) in [6, 6.07) is 5.76. The molecule has 4 rings (SSSR count). The zero-order chi connectivity index (χ0) is 24.2. The van der Waals surface area contributed by atoms with Gasteiger partial charge in [-0.15, -0.1) is 0 Å². The Morgan fingerprint density at radius 3 is 2.62 bits per heavy atom. The molecule has 9 nitrogen and oxygen atoms in total. The monoisotopic (exact) mass is 465 g/mol. The Bertz CT molecular complexity index is 1120. The van der Waals surface area contributed by atoms with Gasteiger partial charge in [0.15, 0.2) is 5.82 Å². The second-order valence-electron chi connectivity index (χ2n) is 9.12. The van der Waals surface area contributed by atoms with Crippen LogP contribution >= 0.6 is 0 Å². The van der Waals surface area contributed by atoms with Crippen molar-refractivity contribution in [3.05, 3.63) is 40.4 Å².